The molecule has 37 heavy (non-hydrogen) atoms. The van der Waals surface area contributed by atoms with E-state index in [2.05, 4.69) is 129 Å². The maximum absolute atomic E-state index is 9.36. The monoisotopic (exact) mass is 571 g/mol. The minimum atomic E-state index is 0. The third-order valence-electron chi connectivity index (χ3n) is 6.29. The molecule has 0 spiro atoms. The Morgan fingerprint density at radius 3 is 1.54 bits per heavy atom. The third-order valence-corrected chi connectivity index (χ3v) is 7.19. The van der Waals surface area contributed by atoms with E-state index in [-0.39, 0.29) is 30.2 Å². The Bertz CT molecular complexity index is 1130. The van der Waals surface area contributed by atoms with Gasteiger partial charge in [-0.3, -0.25) is 6.08 Å². The number of hydrogen-bond donors (Lipinski definition) is 1. The summed E-state index contributed by atoms with van der Waals surface area (Å²) in [6.45, 7) is 17.1. The van der Waals surface area contributed by atoms with E-state index >= 15 is 0 Å². The Hall–Kier alpha value is -1.90. The van der Waals surface area contributed by atoms with Crippen LogP contribution >= 0.6 is 24.8 Å². The van der Waals surface area contributed by atoms with E-state index in [4.69, 9.17) is 0 Å². The molecule has 1 aliphatic carbocycles. The molecule has 3 aromatic rings. The van der Waals surface area contributed by atoms with Crippen molar-refractivity contribution < 1.29 is 25.1 Å². The summed E-state index contributed by atoms with van der Waals surface area (Å²) in [6, 6.07) is 26.6. The quantitative estimate of drug-likeness (QED) is 0.240. The fourth-order valence-electron chi connectivity index (χ4n) is 3.73. The van der Waals surface area contributed by atoms with Crippen LogP contribution in [0.5, 0.6) is 5.75 Å². The van der Waals surface area contributed by atoms with Gasteiger partial charge in [0.25, 0.3) is 0 Å². The molecule has 0 aliphatic heterocycles. The summed E-state index contributed by atoms with van der Waals surface area (Å²) in [5.41, 5.74) is 9.23. The van der Waals surface area contributed by atoms with E-state index in [1.807, 2.05) is 25.1 Å². The van der Waals surface area contributed by atoms with Crippen molar-refractivity contribution >= 4 is 28.6 Å². The van der Waals surface area contributed by atoms with Crippen LogP contribution in [-0.2, 0) is 25.4 Å². The number of hydrogen-bond acceptors (Lipinski definition) is 1. The van der Waals surface area contributed by atoms with Gasteiger partial charge >= 0.3 is 95.6 Å². The Kier molecular flexibility index (Phi) is 15.3. The maximum atomic E-state index is 9.36. The molecule has 0 saturated heterocycles. The Labute approximate surface area is 248 Å². The van der Waals surface area contributed by atoms with Gasteiger partial charge in [-0.2, -0.15) is 11.1 Å². The summed E-state index contributed by atoms with van der Waals surface area (Å²) in [6.07, 6.45) is 3.36. The van der Waals surface area contributed by atoms with Gasteiger partial charge in [-0.25, -0.2) is 5.57 Å². The number of rotatable bonds is 2. The molecule has 4 heteroatoms. The summed E-state index contributed by atoms with van der Waals surface area (Å²) in [5.74, 6) is 0.921. The van der Waals surface area contributed by atoms with E-state index < -0.39 is 0 Å². The number of allylic oxidation sites excluding steroid dienone is 4. The van der Waals surface area contributed by atoms with Gasteiger partial charge in [0.05, 0.1) is 0 Å². The molecule has 3 aromatic carbocycles. The fourth-order valence-corrected chi connectivity index (χ4v) is 4.25. The molecule has 0 radical (unpaired) electrons. The first-order valence-electron chi connectivity index (χ1n) is 12.2. The number of benzene rings is 3. The first kappa shape index (κ1) is 35.1. The molecule has 4 rings (SSSR count). The van der Waals surface area contributed by atoms with Crippen LogP contribution in [0.15, 0.2) is 95.6 Å². The molecular formula is C33H41Cl2OTi. The number of halogens is 2. The second-order valence-corrected chi connectivity index (χ2v) is 11.0. The van der Waals surface area contributed by atoms with Crippen molar-refractivity contribution in [1.29, 1.82) is 0 Å². The van der Waals surface area contributed by atoms with Crippen LogP contribution in [0.3, 0.4) is 0 Å². The number of aromatic hydroxyl groups is 1. The normalized spacial score (nSPS) is 14.1. The van der Waals surface area contributed by atoms with Crippen LogP contribution in [0, 0.1) is 18.9 Å². The van der Waals surface area contributed by atoms with Crippen molar-refractivity contribution in [1.82, 2.24) is 0 Å². The van der Waals surface area contributed by atoms with Crippen LogP contribution in [0.25, 0.3) is 0 Å². The summed E-state index contributed by atoms with van der Waals surface area (Å²) >= 11 is 2.16. The van der Waals surface area contributed by atoms with E-state index in [1.54, 1.807) is 6.07 Å². The molecule has 1 N–H and O–H groups in total. The van der Waals surface area contributed by atoms with E-state index in [0.717, 1.165) is 5.56 Å². The number of phenols is 1. The SMILES string of the molecule is CC1=[C-]C(C)C(C)=C1C.Cc1cc(O)cc(C(C)(C)C)c1.Cl.Cl.[Ti+]=[C](c1ccccc1)c1ccccc1. The molecule has 0 amide bonds. The summed E-state index contributed by atoms with van der Waals surface area (Å²) in [5, 5.41) is 9.36. The van der Waals surface area contributed by atoms with Crippen molar-refractivity contribution in [3.63, 3.8) is 0 Å². The van der Waals surface area contributed by atoms with Crippen molar-refractivity contribution in [3.8, 4) is 5.75 Å². The predicted octanol–water partition coefficient (Wildman–Crippen LogP) is 9.37. The average Bonchev–Trinajstić information content (AvgIpc) is 3.04. The van der Waals surface area contributed by atoms with Crippen LogP contribution in [0.1, 0.15) is 70.7 Å². The Balaban J connectivity index is 0.000000523. The zero-order chi connectivity index (χ0) is 26.2. The van der Waals surface area contributed by atoms with Crippen molar-refractivity contribution in [2.45, 2.75) is 60.8 Å². The van der Waals surface area contributed by atoms with Crippen LogP contribution < -0.4 is 0 Å². The Morgan fingerprint density at radius 1 is 0.784 bits per heavy atom. The van der Waals surface area contributed by atoms with Crippen molar-refractivity contribution in [2.75, 3.05) is 0 Å². The van der Waals surface area contributed by atoms with Crippen LogP contribution in [-0.4, -0.2) is 8.92 Å². The summed E-state index contributed by atoms with van der Waals surface area (Å²) in [7, 11) is 0. The number of phenolic OH excluding ortho intramolecular Hbond substituents is 1. The third kappa shape index (κ3) is 11.2. The van der Waals surface area contributed by atoms with Crippen LogP contribution in [0.2, 0.25) is 0 Å². The van der Waals surface area contributed by atoms with Gasteiger partial charge in [0.15, 0.2) is 0 Å². The fraction of sp³-hybridized carbons (Fsp3) is 0.303. The van der Waals surface area contributed by atoms with Crippen molar-refractivity contribution in [3.05, 3.63) is 124 Å². The molecular weight excluding hydrogens is 531 g/mol. The second kappa shape index (κ2) is 16.2. The predicted molar refractivity (Wildman–Crippen MR) is 162 cm³/mol. The molecule has 0 aromatic heterocycles. The molecule has 0 heterocycles. The van der Waals surface area contributed by atoms with Gasteiger partial charge in [0.1, 0.15) is 5.75 Å². The molecule has 0 saturated carbocycles. The molecule has 0 fully saturated rings. The van der Waals surface area contributed by atoms with Gasteiger partial charge in [0, 0.05) is 0 Å². The first-order valence-corrected chi connectivity index (χ1v) is 13.0. The van der Waals surface area contributed by atoms with Gasteiger partial charge < -0.3 is 5.11 Å². The molecule has 1 unspecified atom stereocenters. The van der Waals surface area contributed by atoms with Gasteiger partial charge in [0.2, 0.25) is 0 Å². The topological polar surface area (TPSA) is 20.2 Å². The minimum absolute atomic E-state index is 0. The second-order valence-electron chi connectivity index (χ2n) is 10.2. The van der Waals surface area contributed by atoms with E-state index in [1.165, 1.54) is 37.2 Å². The first-order chi connectivity index (χ1) is 16.4. The Morgan fingerprint density at radius 2 is 1.24 bits per heavy atom. The molecule has 1 atom stereocenters. The molecule has 0 bridgehead atoms. The van der Waals surface area contributed by atoms with Crippen molar-refractivity contribution in [2.24, 2.45) is 5.92 Å². The molecule has 1 aliphatic rings. The zero-order valence-electron chi connectivity index (χ0n) is 23.3. The van der Waals surface area contributed by atoms with E-state index in [9.17, 15) is 5.11 Å². The summed E-state index contributed by atoms with van der Waals surface area (Å²) < 4.78 is 1.33. The average molecular weight is 572 g/mol. The van der Waals surface area contributed by atoms with E-state index in [0.29, 0.717) is 11.7 Å². The van der Waals surface area contributed by atoms with Crippen LogP contribution in [0.4, 0.5) is 0 Å². The molecule has 1 nitrogen and oxygen atoms in total. The number of aryl methyl sites for hydroxylation is 1. The van der Waals surface area contributed by atoms with Gasteiger partial charge in [-0.15, -0.1) is 31.7 Å². The molecule has 197 valence electrons. The van der Waals surface area contributed by atoms with Gasteiger partial charge in [-0.05, 0) is 35.6 Å². The van der Waals surface area contributed by atoms with Gasteiger partial charge in [-0.1, -0.05) is 53.5 Å². The summed E-state index contributed by atoms with van der Waals surface area (Å²) in [4.78, 5) is 0. The standard InChI is InChI=1S/C13H10.C11H16O.C9H13.2ClH.Ti/c1-3-7-12(8-4-1)11-13-9-5-2-6-10-13;1-8-5-9(11(2,3)4)7-10(12)6-8;1-6-5-7(2)9(4)8(6)3;;;/h1-10H;5-7,12H,1-4H3;6H,1-4H3;2*1H;/q;;-1;;;+1. The zero-order valence-corrected chi connectivity index (χ0v) is 26.5.